The van der Waals surface area contributed by atoms with Gasteiger partial charge in [0.25, 0.3) is 0 Å². The predicted molar refractivity (Wildman–Crippen MR) is 150 cm³/mol. The monoisotopic (exact) mass is 469 g/mol. The van der Waals surface area contributed by atoms with Crippen LogP contribution in [-0.2, 0) is 0 Å². The van der Waals surface area contributed by atoms with Crippen molar-refractivity contribution in [2.24, 2.45) is 0 Å². The molecular formula is C30H33NP2. The molecule has 4 aromatic rings. The topological polar surface area (TPSA) is 3.24 Å². The standard InChI is InChI=1S/C30H33NP2/c1-31(32(26-16-6-2-7-17-26)27-18-8-3-9-19-27)33(30-24-14-15-25-30,28-20-10-4-11-21-28)29-22-12-5-13-23-29/h2-13,16-23,30,33H,14-15,24-25H2,1H3. The molecule has 0 heterocycles. The van der Waals surface area contributed by atoms with Gasteiger partial charge in [0.15, 0.2) is 0 Å². The Hall–Kier alpha value is -2.30. The van der Waals surface area contributed by atoms with E-state index in [0.717, 1.165) is 0 Å². The fourth-order valence-electron chi connectivity index (χ4n) is 5.80. The molecule has 1 fully saturated rings. The van der Waals surface area contributed by atoms with Gasteiger partial charge < -0.3 is 0 Å². The van der Waals surface area contributed by atoms with Crippen molar-refractivity contribution in [3.63, 3.8) is 0 Å². The molecule has 4 aromatic carbocycles. The van der Waals surface area contributed by atoms with Crippen LogP contribution in [0.1, 0.15) is 25.7 Å². The van der Waals surface area contributed by atoms with Crippen LogP contribution in [0, 0.1) is 0 Å². The average molecular weight is 470 g/mol. The van der Waals surface area contributed by atoms with Crippen LogP contribution in [0.3, 0.4) is 0 Å². The van der Waals surface area contributed by atoms with Gasteiger partial charge in [0.05, 0.1) is 0 Å². The first kappa shape index (κ1) is 22.5. The minimum absolute atomic E-state index is 0.668. The summed E-state index contributed by atoms with van der Waals surface area (Å²) in [6.45, 7) is 0. The van der Waals surface area contributed by atoms with Crippen LogP contribution in [-0.4, -0.2) is 17.1 Å². The van der Waals surface area contributed by atoms with E-state index in [9.17, 15) is 0 Å². The van der Waals surface area contributed by atoms with Crippen LogP contribution in [0.2, 0.25) is 0 Å². The van der Waals surface area contributed by atoms with Gasteiger partial charge in [-0.2, -0.15) is 0 Å². The Morgan fingerprint density at radius 1 is 0.576 bits per heavy atom. The van der Waals surface area contributed by atoms with Gasteiger partial charge in [-0.25, -0.2) is 0 Å². The van der Waals surface area contributed by atoms with E-state index in [2.05, 4.69) is 133 Å². The summed E-state index contributed by atoms with van der Waals surface area (Å²) in [5, 5.41) is 5.96. The fourth-order valence-corrected chi connectivity index (χ4v) is 16.0. The van der Waals surface area contributed by atoms with Crippen LogP contribution >= 0.6 is 15.5 Å². The van der Waals surface area contributed by atoms with E-state index in [1.807, 2.05) is 0 Å². The van der Waals surface area contributed by atoms with Crippen molar-refractivity contribution < 1.29 is 0 Å². The molecule has 0 unspecified atom stereocenters. The minimum atomic E-state index is -2.28. The molecular weight excluding hydrogens is 436 g/mol. The van der Waals surface area contributed by atoms with Gasteiger partial charge in [-0.15, -0.1) is 0 Å². The molecule has 1 aliphatic rings. The molecule has 0 bridgehead atoms. The third-order valence-corrected chi connectivity index (χ3v) is 16.1. The summed E-state index contributed by atoms with van der Waals surface area (Å²) >= 11 is 0. The number of rotatable bonds is 7. The molecule has 168 valence electrons. The second-order valence-corrected chi connectivity index (χ2v) is 15.8. The molecule has 0 atom stereocenters. The second-order valence-electron chi connectivity index (χ2n) is 8.99. The fraction of sp³-hybridized carbons (Fsp3) is 0.200. The van der Waals surface area contributed by atoms with Gasteiger partial charge in [-0.1, -0.05) is 0 Å². The van der Waals surface area contributed by atoms with Crippen LogP contribution in [0.15, 0.2) is 121 Å². The molecule has 0 radical (unpaired) electrons. The van der Waals surface area contributed by atoms with Gasteiger partial charge in [-0.3, -0.25) is 0 Å². The summed E-state index contributed by atoms with van der Waals surface area (Å²) in [7, 11) is -0.512. The zero-order valence-electron chi connectivity index (χ0n) is 19.3. The van der Waals surface area contributed by atoms with Crippen LogP contribution in [0.4, 0.5) is 0 Å². The Morgan fingerprint density at radius 2 is 0.939 bits per heavy atom. The van der Waals surface area contributed by atoms with Gasteiger partial charge in [-0.05, 0) is 0 Å². The van der Waals surface area contributed by atoms with E-state index in [-0.39, 0.29) is 0 Å². The average Bonchev–Trinajstić information content (AvgIpc) is 3.43. The third-order valence-electron chi connectivity index (χ3n) is 7.19. The van der Waals surface area contributed by atoms with Crippen LogP contribution in [0.25, 0.3) is 0 Å². The molecule has 5 rings (SSSR count). The van der Waals surface area contributed by atoms with Crippen molar-refractivity contribution in [2.45, 2.75) is 31.3 Å². The molecule has 0 amide bonds. The molecule has 0 spiro atoms. The third kappa shape index (κ3) is 4.31. The Morgan fingerprint density at radius 3 is 1.33 bits per heavy atom. The molecule has 1 aliphatic carbocycles. The van der Waals surface area contributed by atoms with Crippen LogP contribution in [0.5, 0.6) is 0 Å². The molecule has 1 nitrogen and oxygen atoms in total. The van der Waals surface area contributed by atoms with E-state index >= 15 is 0 Å². The normalized spacial score (nSPS) is 15.2. The van der Waals surface area contributed by atoms with Gasteiger partial charge in [0, 0.05) is 0 Å². The summed E-state index contributed by atoms with van der Waals surface area (Å²) < 4.78 is 2.88. The quantitative estimate of drug-likeness (QED) is 0.290. The van der Waals surface area contributed by atoms with Crippen molar-refractivity contribution in [2.75, 3.05) is 7.05 Å². The maximum atomic E-state index is 2.88. The van der Waals surface area contributed by atoms with Crippen molar-refractivity contribution in [1.82, 2.24) is 4.44 Å². The van der Waals surface area contributed by atoms with Gasteiger partial charge in [0.1, 0.15) is 0 Å². The van der Waals surface area contributed by atoms with Gasteiger partial charge >= 0.3 is 201 Å². The van der Waals surface area contributed by atoms with E-state index < -0.39 is 15.5 Å². The van der Waals surface area contributed by atoms with E-state index in [4.69, 9.17) is 0 Å². The summed E-state index contributed by atoms with van der Waals surface area (Å²) in [4.78, 5) is 0. The van der Waals surface area contributed by atoms with Crippen molar-refractivity contribution in [3.05, 3.63) is 121 Å². The van der Waals surface area contributed by atoms with Crippen molar-refractivity contribution in [1.29, 1.82) is 0 Å². The first-order valence-electron chi connectivity index (χ1n) is 12.1. The summed E-state index contributed by atoms with van der Waals surface area (Å²) in [5.41, 5.74) is 0.713. The number of nitrogens with zero attached hydrogens (tertiary/aromatic N) is 1. The molecule has 0 N–H and O–H groups in total. The predicted octanol–water partition coefficient (Wildman–Crippen LogP) is 6.22. The van der Waals surface area contributed by atoms with Crippen LogP contribution < -0.4 is 21.2 Å². The van der Waals surface area contributed by atoms with Crippen molar-refractivity contribution in [3.8, 4) is 0 Å². The Kier molecular flexibility index (Phi) is 7.03. The number of hydrogen-bond donors (Lipinski definition) is 0. The zero-order valence-corrected chi connectivity index (χ0v) is 21.2. The number of benzene rings is 4. The van der Waals surface area contributed by atoms with Crippen molar-refractivity contribution >= 4 is 36.7 Å². The Labute approximate surface area is 200 Å². The molecule has 3 heteroatoms. The van der Waals surface area contributed by atoms with Gasteiger partial charge in [0.2, 0.25) is 0 Å². The molecule has 33 heavy (non-hydrogen) atoms. The molecule has 0 saturated heterocycles. The molecule has 1 saturated carbocycles. The second kappa shape index (κ2) is 10.3. The first-order chi connectivity index (χ1) is 16.3. The summed E-state index contributed by atoms with van der Waals surface area (Å²) in [5.74, 6) is 0. The van der Waals surface area contributed by atoms with E-state index in [0.29, 0.717) is 5.66 Å². The maximum absolute atomic E-state index is 2.88. The van der Waals surface area contributed by atoms with E-state index in [1.165, 1.54) is 36.3 Å². The SMILES string of the molecule is CN(P(c1ccccc1)c1ccccc1)[PH](c1ccccc1)(c1ccccc1)C1CCCC1. The number of hydrogen-bond acceptors (Lipinski definition) is 1. The zero-order chi connectivity index (χ0) is 22.5. The molecule has 0 aliphatic heterocycles. The van der Waals surface area contributed by atoms with E-state index in [1.54, 1.807) is 10.6 Å². The summed E-state index contributed by atoms with van der Waals surface area (Å²) in [6.07, 6.45) is 5.35. The first-order valence-corrected chi connectivity index (χ1v) is 15.4. The Balaban J connectivity index is 1.78. The summed E-state index contributed by atoms with van der Waals surface area (Å²) in [6, 6.07) is 45.4. The Bertz CT molecular complexity index is 1050. The molecule has 0 aromatic heterocycles.